The fourth-order valence-corrected chi connectivity index (χ4v) is 3.63. The average molecular weight is 294 g/mol. The van der Waals surface area contributed by atoms with E-state index in [9.17, 15) is 4.79 Å². The van der Waals surface area contributed by atoms with Gasteiger partial charge in [-0.15, -0.1) is 11.8 Å². The van der Waals surface area contributed by atoms with E-state index in [1.54, 1.807) is 0 Å². The van der Waals surface area contributed by atoms with Crippen molar-refractivity contribution in [1.29, 1.82) is 0 Å². The molecule has 1 aliphatic heterocycles. The standard InChI is InChI=1S/C11H20BrNOS/c1-9(5-6-12)8-13-11(14)10-4-2-3-7-15-10/h9-10H,2-8H2,1H3,(H,13,14). The van der Waals surface area contributed by atoms with Gasteiger partial charge in [-0.05, 0) is 30.9 Å². The van der Waals surface area contributed by atoms with Crippen LogP contribution in [-0.2, 0) is 4.79 Å². The predicted octanol–water partition coefficient (Wildman–Crippen LogP) is 2.81. The molecule has 1 aliphatic rings. The molecular formula is C11H20BrNOS. The molecule has 0 aromatic heterocycles. The highest BCUT2D eigenvalue weighted by molar-refractivity contribution is 9.09. The molecule has 1 heterocycles. The number of amides is 1. The fraction of sp³-hybridized carbons (Fsp3) is 0.909. The summed E-state index contributed by atoms with van der Waals surface area (Å²) in [6.07, 6.45) is 4.66. The Morgan fingerprint density at radius 2 is 2.40 bits per heavy atom. The molecule has 1 fully saturated rings. The van der Waals surface area contributed by atoms with Crippen LogP contribution in [0.5, 0.6) is 0 Å². The lowest BCUT2D eigenvalue weighted by Crippen LogP contribution is -2.36. The minimum atomic E-state index is 0.218. The van der Waals surface area contributed by atoms with Crippen molar-refractivity contribution >= 4 is 33.6 Å². The Kier molecular flexibility index (Phi) is 6.73. The van der Waals surface area contributed by atoms with E-state index in [4.69, 9.17) is 0 Å². The van der Waals surface area contributed by atoms with E-state index in [2.05, 4.69) is 28.2 Å². The molecule has 1 rings (SSSR count). The summed E-state index contributed by atoms with van der Waals surface area (Å²) in [4.78, 5) is 11.8. The second-order valence-electron chi connectivity index (χ2n) is 4.18. The highest BCUT2D eigenvalue weighted by atomic mass is 79.9. The summed E-state index contributed by atoms with van der Waals surface area (Å²) < 4.78 is 0. The van der Waals surface area contributed by atoms with Crippen molar-refractivity contribution in [2.45, 2.75) is 37.9 Å². The topological polar surface area (TPSA) is 29.1 Å². The summed E-state index contributed by atoms with van der Waals surface area (Å²) in [7, 11) is 0. The van der Waals surface area contributed by atoms with Gasteiger partial charge in [0.05, 0.1) is 5.25 Å². The normalized spacial score (nSPS) is 23.5. The van der Waals surface area contributed by atoms with Crippen LogP contribution in [0.2, 0.25) is 0 Å². The van der Waals surface area contributed by atoms with Crippen LogP contribution in [-0.4, -0.2) is 28.8 Å². The van der Waals surface area contributed by atoms with Crippen molar-refractivity contribution in [2.75, 3.05) is 17.6 Å². The number of carbonyl (C=O) groups excluding carboxylic acids is 1. The van der Waals surface area contributed by atoms with E-state index in [0.717, 1.165) is 30.5 Å². The Morgan fingerprint density at radius 3 is 3.00 bits per heavy atom. The largest absolute Gasteiger partial charge is 0.355 e. The number of hydrogen-bond donors (Lipinski definition) is 1. The molecule has 2 atom stereocenters. The van der Waals surface area contributed by atoms with Crippen LogP contribution in [0.3, 0.4) is 0 Å². The van der Waals surface area contributed by atoms with Gasteiger partial charge in [-0.1, -0.05) is 29.3 Å². The number of nitrogens with one attached hydrogen (secondary N) is 1. The predicted molar refractivity (Wildman–Crippen MR) is 70.7 cm³/mol. The first-order chi connectivity index (χ1) is 7.24. The maximum absolute atomic E-state index is 11.8. The first kappa shape index (κ1) is 13.4. The van der Waals surface area contributed by atoms with Crippen LogP contribution in [0.1, 0.15) is 32.6 Å². The van der Waals surface area contributed by atoms with Gasteiger partial charge >= 0.3 is 0 Å². The number of rotatable bonds is 5. The summed E-state index contributed by atoms with van der Waals surface area (Å²) in [5, 5.41) is 4.29. The molecule has 2 unspecified atom stereocenters. The third kappa shape index (κ3) is 5.25. The van der Waals surface area contributed by atoms with Gasteiger partial charge < -0.3 is 5.32 Å². The Morgan fingerprint density at radius 1 is 1.60 bits per heavy atom. The van der Waals surface area contributed by atoms with Crippen molar-refractivity contribution in [3.05, 3.63) is 0 Å². The molecule has 1 saturated heterocycles. The van der Waals surface area contributed by atoms with Crippen LogP contribution in [0.4, 0.5) is 0 Å². The smallest absolute Gasteiger partial charge is 0.233 e. The van der Waals surface area contributed by atoms with Gasteiger partial charge in [0.25, 0.3) is 0 Å². The third-order valence-electron chi connectivity index (χ3n) is 2.70. The molecule has 88 valence electrons. The molecule has 0 radical (unpaired) electrons. The van der Waals surface area contributed by atoms with Crippen LogP contribution in [0.15, 0.2) is 0 Å². The first-order valence-corrected chi connectivity index (χ1v) is 7.86. The average Bonchev–Trinajstić information content (AvgIpc) is 2.27. The Balaban J connectivity index is 2.16. The number of alkyl halides is 1. The second kappa shape index (κ2) is 7.55. The van der Waals surface area contributed by atoms with Crippen LogP contribution < -0.4 is 5.32 Å². The lowest BCUT2D eigenvalue weighted by atomic mass is 10.1. The Bertz CT molecular complexity index is 195. The maximum Gasteiger partial charge on any atom is 0.233 e. The molecule has 0 saturated carbocycles. The summed E-state index contributed by atoms with van der Waals surface area (Å²) in [6.45, 7) is 3.00. The number of hydrogen-bond acceptors (Lipinski definition) is 2. The monoisotopic (exact) mass is 293 g/mol. The van der Waals surface area contributed by atoms with Gasteiger partial charge in [0.2, 0.25) is 5.91 Å². The third-order valence-corrected chi connectivity index (χ3v) is 4.53. The molecule has 1 N–H and O–H groups in total. The van der Waals surface area contributed by atoms with Crippen LogP contribution in [0.25, 0.3) is 0 Å². The van der Waals surface area contributed by atoms with Gasteiger partial charge in [-0.2, -0.15) is 0 Å². The summed E-state index contributed by atoms with van der Waals surface area (Å²) in [6, 6.07) is 0. The molecule has 0 spiro atoms. The SMILES string of the molecule is CC(CCBr)CNC(=O)C1CCCCS1. The van der Waals surface area contributed by atoms with E-state index in [0.29, 0.717) is 5.92 Å². The Hall–Kier alpha value is 0.300. The highest BCUT2D eigenvalue weighted by Crippen LogP contribution is 2.24. The minimum Gasteiger partial charge on any atom is -0.355 e. The first-order valence-electron chi connectivity index (χ1n) is 5.69. The molecular weight excluding hydrogens is 274 g/mol. The summed E-state index contributed by atoms with van der Waals surface area (Å²) in [5.41, 5.74) is 0. The van der Waals surface area contributed by atoms with Crippen molar-refractivity contribution in [3.63, 3.8) is 0 Å². The van der Waals surface area contributed by atoms with Gasteiger partial charge in [0.1, 0.15) is 0 Å². The summed E-state index contributed by atoms with van der Waals surface area (Å²) in [5.74, 6) is 1.97. The van der Waals surface area contributed by atoms with E-state index in [1.807, 2.05) is 11.8 Å². The molecule has 0 aromatic rings. The van der Waals surface area contributed by atoms with Gasteiger partial charge in [-0.25, -0.2) is 0 Å². The molecule has 15 heavy (non-hydrogen) atoms. The maximum atomic E-state index is 11.8. The molecule has 0 bridgehead atoms. The van der Waals surface area contributed by atoms with Crippen molar-refractivity contribution in [2.24, 2.45) is 5.92 Å². The zero-order chi connectivity index (χ0) is 11.1. The molecule has 4 heteroatoms. The lowest BCUT2D eigenvalue weighted by molar-refractivity contribution is -0.120. The fourth-order valence-electron chi connectivity index (χ4n) is 1.62. The quantitative estimate of drug-likeness (QED) is 0.790. The number of carbonyl (C=O) groups is 1. The molecule has 0 aliphatic carbocycles. The lowest BCUT2D eigenvalue weighted by Gasteiger charge is -2.21. The van der Waals surface area contributed by atoms with Crippen LogP contribution >= 0.6 is 27.7 Å². The Labute approximate surface area is 105 Å². The number of thioether (sulfide) groups is 1. The number of halogens is 1. The van der Waals surface area contributed by atoms with Gasteiger partial charge in [0.15, 0.2) is 0 Å². The molecule has 2 nitrogen and oxygen atoms in total. The molecule has 0 aromatic carbocycles. The van der Waals surface area contributed by atoms with E-state index in [1.165, 1.54) is 12.8 Å². The van der Waals surface area contributed by atoms with Crippen molar-refractivity contribution < 1.29 is 4.79 Å². The van der Waals surface area contributed by atoms with E-state index in [-0.39, 0.29) is 11.2 Å². The van der Waals surface area contributed by atoms with Crippen molar-refractivity contribution in [1.82, 2.24) is 5.32 Å². The van der Waals surface area contributed by atoms with Gasteiger partial charge in [-0.3, -0.25) is 4.79 Å². The zero-order valence-electron chi connectivity index (χ0n) is 9.30. The minimum absolute atomic E-state index is 0.218. The molecule has 1 amide bonds. The highest BCUT2D eigenvalue weighted by Gasteiger charge is 2.21. The van der Waals surface area contributed by atoms with E-state index < -0.39 is 0 Å². The van der Waals surface area contributed by atoms with Crippen molar-refractivity contribution in [3.8, 4) is 0 Å². The summed E-state index contributed by atoms with van der Waals surface area (Å²) >= 11 is 5.23. The van der Waals surface area contributed by atoms with Gasteiger partial charge in [0, 0.05) is 11.9 Å². The van der Waals surface area contributed by atoms with Crippen LogP contribution in [0, 0.1) is 5.92 Å². The zero-order valence-corrected chi connectivity index (χ0v) is 11.7. The van der Waals surface area contributed by atoms with E-state index >= 15 is 0 Å². The second-order valence-corrected chi connectivity index (χ2v) is 6.29.